The Kier molecular flexibility index (Phi) is 3.39. The zero-order valence-electron chi connectivity index (χ0n) is 11.4. The second kappa shape index (κ2) is 5.34. The van der Waals surface area contributed by atoms with Crippen LogP contribution in [0.25, 0.3) is 17.7 Å². The summed E-state index contributed by atoms with van der Waals surface area (Å²) in [5.74, 6) is 0. The van der Waals surface area contributed by atoms with E-state index in [1.165, 1.54) is 16.7 Å². The average molecular weight is 260 g/mol. The van der Waals surface area contributed by atoms with Crippen molar-refractivity contribution in [2.24, 2.45) is 0 Å². The summed E-state index contributed by atoms with van der Waals surface area (Å²) in [6.07, 6.45) is 5.95. The molecule has 1 aliphatic rings. The summed E-state index contributed by atoms with van der Waals surface area (Å²) in [5.41, 5.74) is 10.2. The molecule has 0 fully saturated rings. The van der Waals surface area contributed by atoms with Crippen molar-refractivity contribution in [2.45, 2.75) is 6.92 Å². The van der Waals surface area contributed by atoms with Gasteiger partial charge in [-0.1, -0.05) is 60.2 Å². The lowest BCUT2D eigenvalue weighted by Crippen LogP contribution is -1.92. The quantitative estimate of drug-likeness (QED) is 0.654. The van der Waals surface area contributed by atoms with E-state index in [-0.39, 0.29) is 6.61 Å². The Labute approximate surface area is 119 Å². The maximum Gasteiger partial charge on any atom is 0.0686 e. The molecular formula is C19H16O. The molecule has 0 radical (unpaired) electrons. The van der Waals surface area contributed by atoms with Crippen molar-refractivity contribution in [1.82, 2.24) is 0 Å². The van der Waals surface area contributed by atoms with Crippen molar-refractivity contribution in [2.75, 3.05) is 6.61 Å². The Morgan fingerprint density at radius 1 is 1.00 bits per heavy atom. The van der Waals surface area contributed by atoms with Crippen molar-refractivity contribution in [3.05, 3.63) is 82.1 Å². The van der Waals surface area contributed by atoms with Gasteiger partial charge in [0, 0.05) is 5.57 Å². The Morgan fingerprint density at radius 2 is 1.75 bits per heavy atom. The molecule has 0 amide bonds. The van der Waals surface area contributed by atoms with Crippen LogP contribution in [0.1, 0.15) is 27.8 Å². The number of rotatable bonds is 1. The summed E-state index contributed by atoms with van der Waals surface area (Å²) in [7, 11) is 0. The lowest BCUT2D eigenvalue weighted by atomic mass is 9.93. The smallest absolute Gasteiger partial charge is 0.0686 e. The molecule has 0 atom stereocenters. The van der Waals surface area contributed by atoms with Crippen LogP contribution in [0, 0.1) is 6.92 Å². The summed E-state index contributed by atoms with van der Waals surface area (Å²) in [6, 6.07) is 14.7. The van der Waals surface area contributed by atoms with Crippen LogP contribution in [0.3, 0.4) is 0 Å². The third-order valence-electron chi connectivity index (χ3n) is 3.49. The van der Waals surface area contributed by atoms with E-state index in [1.54, 1.807) is 6.08 Å². The standard InChI is InChI=1S/C19H16O/c1-14-8-9-16-11-10-15-5-2-3-6-17(15)18(7-4-12-20)19(16)13-14/h2-6,8-11,13,20H,12H2,1H3. The molecule has 98 valence electrons. The maximum atomic E-state index is 9.07. The van der Waals surface area contributed by atoms with Crippen molar-refractivity contribution in [3.8, 4) is 0 Å². The minimum atomic E-state index is 0.000243. The maximum absolute atomic E-state index is 9.07. The van der Waals surface area contributed by atoms with Crippen molar-refractivity contribution in [1.29, 1.82) is 0 Å². The monoisotopic (exact) mass is 260 g/mol. The summed E-state index contributed by atoms with van der Waals surface area (Å²) in [4.78, 5) is 0. The van der Waals surface area contributed by atoms with Gasteiger partial charge in [-0.05, 0) is 35.3 Å². The van der Waals surface area contributed by atoms with E-state index in [2.05, 4.69) is 55.1 Å². The largest absolute Gasteiger partial charge is 0.392 e. The number of hydrogen-bond donors (Lipinski definition) is 1. The van der Waals surface area contributed by atoms with E-state index < -0.39 is 0 Å². The molecule has 0 heterocycles. The first-order chi connectivity index (χ1) is 9.79. The molecule has 20 heavy (non-hydrogen) atoms. The van der Waals surface area contributed by atoms with Gasteiger partial charge in [-0.25, -0.2) is 0 Å². The fraction of sp³-hybridized carbons (Fsp3) is 0.105. The van der Waals surface area contributed by atoms with Crippen molar-refractivity contribution < 1.29 is 5.11 Å². The van der Waals surface area contributed by atoms with Gasteiger partial charge in [-0.15, -0.1) is 5.73 Å². The molecule has 0 aromatic heterocycles. The predicted molar refractivity (Wildman–Crippen MR) is 84.2 cm³/mol. The van der Waals surface area contributed by atoms with Gasteiger partial charge in [0.25, 0.3) is 0 Å². The molecule has 0 bridgehead atoms. The highest BCUT2D eigenvalue weighted by atomic mass is 16.2. The van der Waals surface area contributed by atoms with E-state index in [1.807, 2.05) is 12.1 Å². The molecule has 0 saturated heterocycles. The molecular weight excluding hydrogens is 244 g/mol. The Bertz CT molecular complexity index is 744. The molecule has 3 rings (SSSR count). The molecule has 1 nitrogen and oxygen atoms in total. The van der Waals surface area contributed by atoms with Gasteiger partial charge < -0.3 is 5.11 Å². The predicted octanol–water partition coefficient (Wildman–Crippen LogP) is 4.06. The first-order valence-electron chi connectivity index (χ1n) is 6.74. The second-order valence-electron chi connectivity index (χ2n) is 4.92. The normalized spacial score (nSPS) is 12.2. The molecule has 1 N–H and O–H groups in total. The van der Waals surface area contributed by atoms with Gasteiger partial charge in [0.1, 0.15) is 0 Å². The van der Waals surface area contributed by atoms with Gasteiger partial charge in [0.15, 0.2) is 0 Å². The average Bonchev–Trinajstić information content (AvgIpc) is 2.62. The lowest BCUT2D eigenvalue weighted by molar-refractivity contribution is 0.343. The Balaban J connectivity index is 2.35. The summed E-state index contributed by atoms with van der Waals surface area (Å²) >= 11 is 0. The fourth-order valence-electron chi connectivity index (χ4n) is 2.53. The minimum absolute atomic E-state index is 0.000243. The molecule has 0 saturated carbocycles. The minimum Gasteiger partial charge on any atom is -0.392 e. The van der Waals surface area contributed by atoms with E-state index in [4.69, 9.17) is 5.11 Å². The molecule has 2 aromatic rings. The number of aliphatic hydroxyl groups excluding tert-OH is 1. The van der Waals surface area contributed by atoms with E-state index >= 15 is 0 Å². The van der Waals surface area contributed by atoms with Crippen LogP contribution in [0.5, 0.6) is 0 Å². The second-order valence-corrected chi connectivity index (χ2v) is 4.92. The van der Waals surface area contributed by atoms with E-state index in [0.29, 0.717) is 0 Å². The van der Waals surface area contributed by atoms with Crippen LogP contribution in [-0.2, 0) is 0 Å². The van der Waals surface area contributed by atoms with Gasteiger partial charge in [0.2, 0.25) is 0 Å². The topological polar surface area (TPSA) is 20.2 Å². The van der Waals surface area contributed by atoms with Crippen molar-refractivity contribution in [3.63, 3.8) is 0 Å². The van der Waals surface area contributed by atoms with Crippen molar-refractivity contribution >= 4 is 17.7 Å². The summed E-state index contributed by atoms with van der Waals surface area (Å²) in [5, 5.41) is 9.07. The highest BCUT2D eigenvalue weighted by Crippen LogP contribution is 2.33. The molecule has 2 aromatic carbocycles. The zero-order chi connectivity index (χ0) is 13.9. The third kappa shape index (κ3) is 2.25. The lowest BCUT2D eigenvalue weighted by Gasteiger charge is -2.10. The number of aryl methyl sites for hydroxylation is 1. The Morgan fingerprint density at radius 3 is 2.55 bits per heavy atom. The molecule has 1 heteroatoms. The van der Waals surface area contributed by atoms with Crippen LogP contribution in [0.15, 0.2) is 54.3 Å². The molecule has 0 unspecified atom stereocenters. The number of hydrogen-bond acceptors (Lipinski definition) is 1. The van der Waals surface area contributed by atoms with Crippen LogP contribution in [0.2, 0.25) is 0 Å². The molecule has 1 aliphatic carbocycles. The first-order valence-corrected chi connectivity index (χ1v) is 6.74. The van der Waals surface area contributed by atoms with Gasteiger partial charge in [-0.2, -0.15) is 0 Å². The SMILES string of the molecule is Cc1ccc2c(c1)C(=C=CCO)c1ccccc1C=C2. The van der Waals surface area contributed by atoms with Gasteiger partial charge in [-0.3, -0.25) is 0 Å². The zero-order valence-corrected chi connectivity index (χ0v) is 11.4. The van der Waals surface area contributed by atoms with Crippen LogP contribution in [-0.4, -0.2) is 11.7 Å². The highest BCUT2D eigenvalue weighted by molar-refractivity contribution is 5.93. The van der Waals surface area contributed by atoms with Gasteiger partial charge in [0.05, 0.1) is 6.61 Å². The Hall–Kier alpha value is -2.34. The number of aliphatic hydroxyl groups is 1. The van der Waals surface area contributed by atoms with Crippen LogP contribution < -0.4 is 0 Å². The number of fused-ring (bicyclic) bond motifs is 2. The van der Waals surface area contributed by atoms with Crippen LogP contribution in [0.4, 0.5) is 0 Å². The van der Waals surface area contributed by atoms with Gasteiger partial charge >= 0.3 is 0 Å². The fourth-order valence-corrected chi connectivity index (χ4v) is 2.53. The summed E-state index contributed by atoms with van der Waals surface area (Å²) < 4.78 is 0. The molecule has 0 aliphatic heterocycles. The van der Waals surface area contributed by atoms with E-state index in [9.17, 15) is 0 Å². The molecule has 0 spiro atoms. The highest BCUT2D eigenvalue weighted by Gasteiger charge is 2.14. The first kappa shape index (κ1) is 12.7. The van der Waals surface area contributed by atoms with Crippen LogP contribution >= 0.6 is 0 Å². The summed E-state index contributed by atoms with van der Waals surface area (Å²) in [6.45, 7) is 2.09. The van der Waals surface area contributed by atoms with E-state index in [0.717, 1.165) is 16.7 Å². The third-order valence-corrected chi connectivity index (χ3v) is 3.49. The number of benzene rings is 2.